The van der Waals surface area contributed by atoms with Crippen molar-refractivity contribution in [3.05, 3.63) is 41.5 Å². The SMILES string of the molecule is CN1CCc2nnc(C3CCCN3C(=O)COc3ccc(F)cc3F)n2CC1. The van der Waals surface area contributed by atoms with Gasteiger partial charge in [-0.1, -0.05) is 0 Å². The van der Waals surface area contributed by atoms with Gasteiger partial charge in [-0.2, -0.15) is 0 Å². The molecule has 150 valence electrons. The fourth-order valence-electron chi connectivity index (χ4n) is 3.85. The molecule has 0 radical (unpaired) electrons. The van der Waals surface area contributed by atoms with Crippen molar-refractivity contribution in [2.24, 2.45) is 0 Å². The molecule has 2 aliphatic heterocycles. The lowest BCUT2D eigenvalue weighted by molar-refractivity contribution is -0.134. The zero-order chi connectivity index (χ0) is 19.7. The molecule has 0 aliphatic carbocycles. The molecule has 1 atom stereocenters. The number of nitrogens with zero attached hydrogens (tertiary/aromatic N) is 5. The van der Waals surface area contributed by atoms with E-state index in [1.165, 1.54) is 6.07 Å². The predicted molar refractivity (Wildman–Crippen MR) is 96.8 cm³/mol. The lowest BCUT2D eigenvalue weighted by atomic mass is 10.2. The van der Waals surface area contributed by atoms with Gasteiger partial charge in [0, 0.05) is 38.7 Å². The molecular formula is C19H23F2N5O2. The van der Waals surface area contributed by atoms with Crippen molar-refractivity contribution in [2.75, 3.05) is 33.3 Å². The average molecular weight is 391 g/mol. The van der Waals surface area contributed by atoms with Crippen LogP contribution in [0.2, 0.25) is 0 Å². The van der Waals surface area contributed by atoms with E-state index in [1.807, 2.05) is 0 Å². The van der Waals surface area contributed by atoms with Gasteiger partial charge in [0.2, 0.25) is 0 Å². The third-order valence-corrected chi connectivity index (χ3v) is 5.39. The number of rotatable bonds is 4. The number of ether oxygens (including phenoxy) is 1. The number of hydrogen-bond acceptors (Lipinski definition) is 5. The van der Waals surface area contributed by atoms with Gasteiger partial charge in [0.05, 0.1) is 6.04 Å². The predicted octanol–water partition coefficient (Wildman–Crippen LogP) is 1.79. The maximum Gasteiger partial charge on any atom is 0.261 e. The quantitative estimate of drug-likeness (QED) is 0.795. The van der Waals surface area contributed by atoms with Crippen molar-refractivity contribution in [2.45, 2.75) is 31.8 Å². The highest BCUT2D eigenvalue weighted by Crippen LogP contribution is 2.32. The van der Waals surface area contributed by atoms with Crippen LogP contribution in [0.25, 0.3) is 0 Å². The Kier molecular flexibility index (Phi) is 5.25. The number of fused-ring (bicyclic) bond motifs is 1. The Morgan fingerprint density at radius 1 is 1.21 bits per heavy atom. The summed E-state index contributed by atoms with van der Waals surface area (Å²) >= 11 is 0. The van der Waals surface area contributed by atoms with Gasteiger partial charge in [-0.05, 0) is 32.0 Å². The van der Waals surface area contributed by atoms with E-state index in [1.54, 1.807) is 4.90 Å². The van der Waals surface area contributed by atoms with Gasteiger partial charge in [0.15, 0.2) is 24.0 Å². The number of carbonyl (C=O) groups is 1. The number of likely N-dealkylation sites (N-methyl/N-ethyl adjacent to an activating group) is 1. The molecule has 2 aromatic rings. The highest BCUT2D eigenvalue weighted by Gasteiger charge is 2.34. The van der Waals surface area contributed by atoms with Gasteiger partial charge in [0.1, 0.15) is 11.6 Å². The maximum absolute atomic E-state index is 13.7. The number of amides is 1. The first-order chi connectivity index (χ1) is 13.5. The molecule has 1 saturated heterocycles. The topological polar surface area (TPSA) is 63.5 Å². The van der Waals surface area contributed by atoms with Crippen molar-refractivity contribution >= 4 is 5.91 Å². The summed E-state index contributed by atoms with van der Waals surface area (Å²) < 4.78 is 34.1. The minimum Gasteiger partial charge on any atom is -0.481 e. The summed E-state index contributed by atoms with van der Waals surface area (Å²) in [5.41, 5.74) is 0. The molecule has 1 aromatic carbocycles. The second-order valence-electron chi connectivity index (χ2n) is 7.29. The number of aromatic nitrogens is 3. The Balaban J connectivity index is 1.46. The molecule has 0 bridgehead atoms. The lowest BCUT2D eigenvalue weighted by Crippen LogP contribution is -2.36. The van der Waals surface area contributed by atoms with Crippen LogP contribution in [0.1, 0.15) is 30.5 Å². The maximum atomic E-state index is 13.7. The molecule has 28 heavy (non-hydrogen) atoms. The summed E-state index contributed by atoms with van der Waals surface area (Å²) in [5.74, 6) is -0.127. The van der Waals surface area contributed by atoms with E-state index in [0.717, 1.165) is 62.7 Å². The number of halogens is 2. The Labute approximate surface area is 161 Å². The number of hydrogen-bond donors (Lipinski definition) is 0. The zero-order valence-electron chi connectivity index (χ0n) is 15.8. The second-order valence-corrected chi connectivity index (χ2v) is 7.29. The minimum atomic E-state index is -0.822. The molecule has 2 aliphatic rings. The van der Waals surface area contributed by atoms with E-state index < -0.39 is 11.6 Å². The average Bonchev–Trinajstić information content (AvgIpc) is 3.26. The fourth-order valence-corrected chi connectivity index (χ4v) is 3.85. The van der Waals surface area contributed by atoms with Crippen LogP contribution in [0.4, 0.5) is 8.78 Å². The van der Waals surface area contributed by atoms with E-state index in [9.17, 15) is 13.6 Å². The molecule has 7 nitrogen and oxygen atoms in total. The molecule has 0 spiro atoms. The Morgan fingerprint density at radius 3 is 2.89 bits per heavy atom. The van der Waals surface area contributed by atoms with Crippen LogP contribution in [0, 0.1) is 11.6 Å². The minimum absolute atomic E-state index is 0.134. The highest BCUT2D eigenvalue weighted by atomic mass is 19.1. The van der Waals surface area contributed by atoms with Crippen molar-refractivity contribution in [1.29, 1.82) is 0 Å². The van der Waals surface area contributed by atoms with Gasteiger partial charge in [-0.3, -0.25) is 4.79 Å². The molecule has 1 amide bonds. The second kappa shape index (κ2) is 7.83. The Bertz CT molecular complexity index is 872. The number of carbonyl (C=O) groups excluding carboxylic acids is 1. The van der Waals surface area contributed by atoms with Gasteiger partial charge >= 0.3 is 0 Å². The first-order valence-electron chi connectivity index (χ1n) is 9.51. The Hall–Kier alpha value is -2.55. The van der Waals surface area contributed by atoms with Crippen molar-refractivity contribution < 1.29 is 18.3 Å². The van der Waals surface area contributed by atoms with E-state index in [0.29, 0.717) is 6.54 Å². The molecule has 0 N–H and O–H groups in total. The molecule has 1 unspecified atom stereocenters. The van der Waals surface area contributed by atoms with E-state index in [-0.39, 0.29) is 24.3 Å². The largest absolute Gasteiger partial charge is 0.481 e. The molecule has 1 fully saturated rings. The van der Waals surface area contributed by atoms with E-state index in [4.69, 9.17) is 4.74 Å². The van der Waals surface area contributed by atoms with Crippen LogP contribution in [0.5, 0.6) is 5.75 Å². The molecule has 4 rings (SSSR count). The smallest absolute Gasteiger partial charge is 0.261 e. The van der Waals surface area contributed by atoms with Crippen molar-refractivity contribution in [3.63, 3.8) is 0 Å². The third-order valence-electron chi connectivity index (χ3n) is 5.39. The van der Waals surface area contributed by atoms with Crippen molar-refractivity contribution in [1.82, 2.24) is 24.6 Å². The van der Waals surface area contributed by atoms with Gasteiger partial charge < -0.3 is 19.1 Å². The normalized spacial score (nSPS) is 20.1. The summed E-state index contributed by atoms with van der Waals surface area (Å²) in [5, 5.41) is 8.71. The lowest BCUT2D eigenvalue weighted by Gasteiger charge is -2.25. The summed E-state index contributed by atoms with van der Waals surface area (Å²) in [4.78, 5) is 16.7. The van der Waals surface area contributed by atoms with E-state index in [2.05, 4.69) is 26.7 Å². The monoisotopic (exact) mass is 391 g/mol. The molecule has 3 heterocycles. The summed E-state index contributed by atoms with van der Waals surface area (Å²) in [7, 11) is 2.08. The summed E-state index contributed by atoms with van der Waals surface area (Å²) in [6, 6.07) is 2.87. The fraction of sp³-hybridized carbons (Fsp3) is 0.526. The van der Waals surface area contributed by atoms with Crippen LogP contribution in [-0.2, 0) is 17.8 Å². The van der Waals surface area contributed by atoms with Crippen LogP contribution < -0.4 is 4.74 Å². The first-order valence-corrected chi connectivity index (χ1v) is 9.51. The van der Waals surface area contributed by atoms with E-state index >= 15 is 0 Å². The molecule has 1 aromatic heterocycles. The summed E-state index contributed by atoms with van der Waals surface area (Å²) in [6.45, 7) is 2.93. The van der Waals surface area contributed by atoms with Crippen molar-refractivity contribution in [3.8, 4) is 5.75 Å². The van der Waals surface area contributed by atoms with Crippen LogP contribution >= 0.6 is 0 Å². The van der Waals surface area contributed by atoms with Crippen LogP contribution in [-0.4, -0.2) is 63.8 Å². The van der Waals surface area contributed by atoms with Gasteiger partial charge in [-0.15, -0.1) is 10.2 Å². The zero-order valence-corrected chi connectivity index (χ0v) is 15.8. The first kappa shape index (κ1) is 18.8. The molecular weight excluding hydrogens is 368 g/mol. The van der Waals surface area contributed by atoms with Gasteiger partial charge in [0.25, 0.3) is 5.91 Å². The summed E-state index contributed by atoms with van der Waals surface area (Å²) in [6.07, 6.45) is 2.51. The number of likely N-dealkylation sites (tertiary alicyclic amines) is 1. The molecule has 9 heteroatoms. The van der Waals surface area contributed by atoms with Crippen LogP contribution in [0.3, 0.4) is 0 Å². The standard InChI is InChI=1S/C19H23F2N5O2/c1-24-8-6-17-22-23-19(26(17)10-9-24)15-3-2-7-25(15)18(27)12-28-16-5-4-13(20)11-14(16)21/h4-5,11,15H,2-3,6-10,12H2,1H3. The van der Waals surface area contributed by atoms with Crippen LogP contribution in [0.15, 0.2) is 18.2 Å². The molecule has 0 saturated carbocycles. The third kappa shape index (κ3) is 3.71. The number of benzene rings is 1. The Morgan fingerprint density at radius 2 is 2.07 bits per heavy atom. The highest BCUT2D eigenvalue weighted by molar-refractivity contribution is 5.78. The van der Waals surface area contributed by atoms with Gasteiger partial charge in [-0.25, -0.2) is 8.78 Å².